The summed E-state index contributed by atoms with van der Waals surface area (Å²) in [5.41, 5.74) is 1.06. The molecule has 0 aliphatic heterocycles. The van der Waals surface area contributed by atoms with E-state index in [4.69, 9.17) is 0 Å². The Morgan fingerprint density at radius 2 is 1.79 bits per heavy atom. The number of amides is 2. The first-order chi connectivity index (χ1) is 13.1. The van der Waals surface area contributed by atoms with Gasteiger partial charge in [0.15, 0.2) is 0 Å². The fourth-order valence-corrected chi connectivity index (χ4v) is 3.22. The number of carbonyl (C=O) groups is 2. The van der Waals surface area contributed by atoms with Gasteiger partial charge in [-0.2, -0.15) is 0 Å². The number of aryl methyl sites for hydroxylation is 1. The van der Waals surface area contributed by atoms with E-state index in [0.717, 1.165) is 11.3 Å². The Labute approximate surface area is 167 Å². The molecular formula is C19H24N4O4S. The molecule has 0 radical (unpaired) electrons. The van der Waals surface area contributed by atoms with Crippen molar-refractivity contribution in [3.05, 3.63) is 50.9 Å². The number of nitrogens with zero attached hydrogens (tertiary/aromatic N) is 1. The summed E-state index contributed by atoms with van der Waals surface area (Å²) in [4.78, 5) is 35.2. The molecule has 2 rings (SSSR count). The van der Waals surface area contributed by atoms with Crippen LogP contribution in [0.25, 0.3) is 0 Å². The average Bonchev–Trinajstić information content (AvgIpc) is 2.98. The Bertz CT molecular complexity index is 869. The Balaban J connectivity index is 1.84. The predicted molar refractivity (Wildman–Crippen MR) is 111 cm³/mol. The molecule has 0 spiro atoms. The van der Waals surface area contributed by atoms with Crippen molar-refractivity contribution in [1.82, 2.24) is 5.32 Å². The molecule has 28 heavy (non-hydrogen) atoms. The van der Waals surface area contributed by atoms with E-state index in [-0.39, 0.29) is 17.5 Å². The number of carbonyl (C=O) groups excluding carboxylic acids is 2. The lowest BCUT2D eigenvalue weighted by Crippen LogP contribution is -2.28. The highest BCUT2D eigenvalue weighted by molar-refractivity contribution is 7.18. The molecule has 0 aliphatic carbocycles. The number of non-ortho nitro benzene ring substituents is 1. The highest BCUT2D eigenvalue weighted by Crippen LogP contribution is 2.28. The summed E-state index contributed by atoms with van der Waals surface area (Å²) in [6.45, 7) is 8.17. The molecule has 9 heteroatoms. The molecule has 0 atom stereocenters. The fourth-order valence-electron chi connectivity index (χ4n) is 2.23. The van der Waals surface area contributed by atoms with Gasteiger partial charge in [0.1, 0.15) is 0 Å². The van der Waals surface area contributed by atoms with Gasteiger partial charge in [-0.1, -0.05) is 20.8 Å². The molecule has 0 saturated carbocycles. The Morgan fingerprint density at radius 3 is 2.36 bits per heavy atom. The lowest BCUT2D eigenvalue weighted by molar-refractivity contribution is -0.384. The Hall–Kier alpha value is -2.94. The van der Waals surface area contributed by atoms with E-state index in [2.05, 4.69) is 16.0 Å². The largest absolute Gasteiger partial charge is 0.383 e. The van der Waals surface area contributed by atoms with Crippen LogP contribution in [0.5, 0.6) is 0 Å². The van der Waals surface area contributed by atoms with Crippen molar-refractivity contribution >= 4 is 39.5 Å². The summed E-state index contributed by atoms with van der Waals surface area (Å²) in [5, 5.41) is 20.0. The summed E-state index contributed by atoms with van der Waals surface area (Å²) < 4.78 is 0. The molecule has 0 bridgehead atoms. The zero-order valence-corrected chi connectivity index (χ0v) is 17.1. The first-order valence-corrected chi connectivity index (χ1v) is 9.58. The Morgan fingerprint density at radius 1 is 1.14 bits per heavy atom. The summed E-state index contributed by atoms with van der Waals surface area (Å²) in [7, 11) is 0. The third kappa shape index (κ3) is 5.78. The van der Waals surface area contributed by atoms with Gasteiger partial charge in [0.25, 0.3) is 11.6 Å². The molecule has 0 aliphatic rings. The maximum Gasteiger partial charge on any atom is 0.269 e. The number of nitro benzene ring substituents is 1. The van der Waals surface area contributed by atoms with Crippen LogP contribution >= 0.6 is 11.3 Å². The summed E-state index contributed by atoms with van der Waals surface area (Å²) in [6, 6.07) is 7.87. The maximum atomic E-state index is 12.4. The van der Waals surface area contributed by atoms with Crippen LogP contribution < -0.4 is 16.0 Å². The SMILES string of the molecule is Cc1cc(NC(=O)C(C)(C)C)sc1C(=O)NCCNc1ccc([N+](=O)[O-])cc1. The van der Waals surface area contributed by atoms with Gasteiger partial charge in [0.2, 0.25) is 5.91 Å². The van der Waals surface area contributed by atoms with Crippen LogP contribution in [0.1, 0.15) is 36.0 Å². The van der Waals surface area contributed by atoms with Crippen molar-refractivity contribution < 1.29 is 14.5 Å². The molecular weight excluding hydrogens is 380 g/mol. The minimum Gasteiger partial charge on any atom is -0.383 e. The molecule has 150 valence electrons. The molecule has 0 unspecified atom stereocenters. The number of hydrogen-bond donors (Lipinski definition) is 3. The molecule has 1 heterocycles. The molecule has 2 amide bonds. The highest BCUT2D eigenvalue weighted by Gasteiger charge is 2.23. The van der Waals surface area contributed by atoms with Gasteiger partial charge < -0.3 is 16.0 Å². The second kappa shape index (κ2) is 8.83. The quantitative estimate of drug-likeness (QED) is 0.369. The summed E-state index contributed by atoms with van der Waals surface area (Å²) >= 11 is 1.24. The highest BCUT2D eigenvalue weighted by atomic mass is 32.1. The lowest BCUT2D eigenvalue weighted by Gasteiger charge is -2.16. The van der Waals surface area contributed by atoms with Crippen molar-refractivity contribution in [3.8, 4) is 0 Å². The number of hydrogen-bond acceptors (Lipinski definition) is 6. The van der Waals surface area contributed by atoms with E-state index in [1.807, 2.05) is 27.7 Å². The standard InChI is InChI=1S/C19H24N4O4S/c1-12-11-15(22-18(25)19(2,3)4)28-16(12)17(24)21-10-9-20-13-5-7-14(8-6-13)23(26)27/h5-8,11,20H,9-10H2,1-4H3,(H,21,24)(H,22,25). The van der Waals surface area contributed by atoms with E-state index in [0.29, 0.717) is 23.0 Å². The number of nitrogens with one attached hydrogen (secondary N) is 3. The van der Waals surface area contributed by atoms with Crippen molar-refractivity contribution in [2.45, 2.75) is 27.7 Å². The van der Waals surface area contributed by atoms with E-state index in [1.54, 1.807) is 18.2 Å². The number of nitro groups is 1. The van der Waals surface area contributed by atoms with Crippen LogP contribution in [-0.4, -0.2) is 29.8 Å². The normalized spacial score (nSPS) is 11.0. The van der Waals surface area contributed by atoms with Crippen molar-refractivity contribution in [3.63, 3.8) is 0 Å². The van der Waals surface area contributed by atoms with Gasteiger partial charge >= 0.3 is 0 Å². The number of benzene rings is 1. The van der Waals surface area contributed by atoms with E-state index >= 15 is 0 Å². The van der Waals surface area contributed by atoms with Crippen LogP contribution in [0.2, 0.25) is 0 Å². The second-order valence-electron chi connectivity index (χ2n) is 7.31. The van der Waals surface area contributed by atoms with E-state index < -0.39 is 10.3 Å². The van der Waals surface area contributed by atoms with Crippen LogP contribution in [-0.2, 0) is 4.79 Å². The minimum atomic E-state index is -0.510. The van der Waals surface area contributed by atoms with E-state index in [1.165, 1.54) is 23.5 Å². The third-order valence-electron chi connectivity index (χ3n) is 3.86. The number of rotatable bonds is 7. The molecule has 0 fully saturated rings. The smallest absolute Gasteiger partial charge is 0.269 e. The second-order valence-corrected chi connectivity index (χ2v) is 8.37. The topological polar surface area (TPSA) is 113 Å². The van der Waals surface area contributed by atoms with Crippen molar-refractivity contribution in [2.75, 3.05) is 23.7 Å². The van der Waals surface area contributed by atoms with Crippen LogP contribution in [0.15, 0.2) is 30.3 Å². The number of thiophene rings is 1. The zero-order chi connectivity index (χ0) is 20.9. The number of anilines is 2. The molecule has 8 nitrogen and oxygen atoms in total. The average molecular weight is 404 g/mol. The first kappa shape index (κ1) is 21.4. The van der Waals surface area contributed by atoms with Crippen molar-refractivity contribution in [1.29, 1.82) is 0 Å². The van der Waals surface area contributed by atoms with Crippen LogP contribution in [0.3, 0.4) is 0 Å². The molecule has 0 saturated heterocycles. The van der Waals surface area contributed by atoms with Gasteiger partial charge in [0, 0.05) is 36.3 Å². The maximum absolute atomic E-state index is 12.4. The first-order valence-electron chi connectivity index (χ1n) is 8.76. The van der Waals surface area contributed by atoms with Crippen molar-refractivity contribution in [2.24, 2.45) is 5.41 Å². The predicted octanol–water partition coefficient (Wildman–Crippen LogP) is 3.79. The molecule has 1 aromatic heterocycles. The van der Waals surface area contributed by atoms with Gasteiger partial charge in [0.05, 0.1) is 14.8 Å². The molecule has 1 aromatic carbocycles. The molecule has 2 aromatic rings. The summed E-state index contributed by atoms with van der Waals surface area (Å²) in [6.07, 6.45) is 0. The fraction of sp³-hybridized carbons (Fsp3) is 0.368. The van der Waals surface area contributed by atoms with Gasteiger partial charge in [-0.3, -0.25) is 19.7 Å². The van der Waals surface area contributed by atoms with Gasteiger partial charge in [-0.05, 0) is 30.7 Å². The van der Waals surface area contributed by atoms with Crippen LogP contribution in [0.4, 0.5) is 16.4 Å². The third-order valence-corrected chi connectivity index (χ3v) is 5.01. The zero-order valence-electron chi connectivity index (χ0n) is 16.3. The van der Waals surface area contributed by atoms with Gasteiger partial charge in [-0.25, -0.2) is 0 Å². The summed E-state index contributed by atoms with van der Waals surface area (Å²) in [5.74, 6) is -0.308. The van der Waals surface area contributed by atoms with Crippen LogP contribution in [0, 0.1) is 22.5 Å². The molecule has 3 N–H and O–H groups in total. The monoisotopic (exact) mass is 404 g/mol. The lowest BCUT2D eigenvalue weighted by atomic mass is 9.96. The van der Waals surface area contributed by atoms with E-state index in [9.17, 15) is 19.7 Å². The Kier molecular flexibility index (Phi) is 6.74. The van der Waals surface area contributed by atoms with Gasteiger partial charge in [-0.15, -0.1) is 11.3 Å². The minimum absolute atomic E-state index is 0.0291.